The fourth-order valence-corrected chi connectivity index (χ4v) is 3.44. The van der Waals surface area contributed by atoms with E-state index >= 15 is 0 Å². The number of benzene rings is 2. The monoisotopic (exact) mass is 489 g/mol. The minimum absolute atomic E-state index is 0. The van der Waals surface area contributed by atoms with Crippen molar-refractivity contribution in [2.45, 2.75) is 26.4 Å². The Balaban J connectivity index is 0.00000408. The Bertz CT molecular complexity index is 1070. The maximum atomic E-state index is 11.6. The standard InChI is InChI=1S/C25H31N3O5.ClH/c1-16-24(17(2)29)28-25(27-16)19-6-8-21(9-7-19)33-15-20(30)14-26-12-11-18-5-10-22(31-3)23(13-18)32-4;/h5-10,13,20,26,30H,11-12,14-15H2,1-4H3,(H,27,28);1H/t20-;/m0./s1. The SMILES string of the molecule is COc1ccc(CCNC[C@H](O)COc2ccc(-c3nc(C(C)=O)c(C)[nH]3)cc2)cc1OC.Cl. The molecule has 0 bridgehead atoms. The highest BCUT2D eigenvalue weighted by atomic mass is 35.5. The molecule has 0 aliphatic rings. The number of nitrogens with zero attached hydrogens (tertiary/aromatic N) is 1. The van der Waals surface area contributed by atoms with Crippen LogP contribution in [0.25, 0.3) is 11.4 Å². The number of ether oxygens (including phenoxy) is 3. The molecule has 0 saturated carbocycles. The molecule has 8 nitrogen and oxygen atoms in total. The smallest absolute Gasteiger partial charge is 0.179 e. The van der Waals surface area contributed by atoms with Crippen LogP contribution in [-0.4, -0.2) is 60.9 Å². The fourth-order valence-electron chi connectivity index (χ4n) is 3.44. The average Bonchev–Trinajstić information content (AvgIpc) is 3.22. The second-order valence-electron chi connectivity index (χ2n) is 7.75. The molecule has 184 valence electrons. The Kier molecular flexibility index (Phi) is 10.4. The van der Waals surface area contributed by atoms with Crippen LogP contribution in [0.3, 0.4) is 0 Å². The first-order valence-corrected chi connectivity index (χ1v) is 10.8. The number of ketones is 1. The number of aliphatic hydroxyl groups is 1. The Labute approximate surface area is 206 Å². The van der Waals surface area contributed by atoms with Crippen LogP contribution < -0.4 is 19.5 Å². The van der Waals surface area contributed by atoms with Crippen molar-refractivity contribution in [1.29, 1.82) is 0 Å². The normalized spacial score (nSPS) is 11.4. The molecule has 0 radical (unpaired) electrons. The number of imidazole rings is 1. The van der Waals surface area contributed by atoms with E-state index in [9.17, 15) is 9.90 Å². The second kappa shape index (κ2) is 13.0. The number of aryl methyl sites for hydroxylation is 1. The summed E-state index contributed by atoms with van der Waals surface area (Å²) in [6.45, 7) is 4.64. The van der Waals surface area contributed by atoms with Gasteiger partial charge < -0.3 is 29.6 Å². The zero-order valence-electron chi connectivity index (χ0n) is 19.9. The molecule has 1 atom stereocenters. The average molecular weight is 490 g/mol. The first-order chi connectivity index (χ1) is 15.9. The van der Waals surface area contributed by atoms with Crippen molar-refractivity contribution in [2.24, 2.45) is 0 Å². The highest BCUT2D eigenvalue weighted by Gasteiger charge is 2.12. The number of rotatable bonds is 12. The van der Waals surface area contributed by atoms with Gasteiger partial charge in [0.1, 0.15) is 30.0 Å². The van der Waals surface area contributed by atoms with Crippen LogP contribution in [0, 0.1) is 6.92 Å². The van der Waals surface area contributed by atoms with Gasteiger partial charge in [0.15, 0.2) is 17.3 Å². The highest BCUT2D eigenvalue weighted by Crippen LogP contribution is 2.27. The lowest BCUT2D eigenvalue weighted by Crippen LogP contribution is -2.32. The number of Topliss-reactive ketones (excluding diaryl/α,β-unsaturated/α-hetero) is 1. The number of hydrogen-bond donors (Lipinski definition) is 3. The third kappa shape index (κ3) is 7.21. The molecular weight excluding hydrogens is 458 g/mol. The highest BCUT2D eigenvalue weighted by molar-refractivity contribution is 5.93. The Morgan fingerprint density at radius 1 is 1.12 bits per heavy atom. The number of H-pyrrole nitrogens is 1. The van der Waals surface area contributed by atoms with Crippen molar-refractivity contribution >= 4 is 18.2 Å². The molecule has 3 aromatic rings. The summed E-state index contributed by atoms with van der Waals surface area (Å²) in [4.78, 5) is 19.1. The molecule has 0 aliphatic heterocycles. The third-order valence-electron chi connectivity index (χ3n) is 5.21. The van der Waals surface area contributed by atoms with E-state index in [2.05, 4.69) is 15.3 Å². The van der Waals surface area contributed by atoms with Crippen molar-refractivity contribution < 1.29 is 24.1 Å². The molecule has 2 aromatic carbocycles. The number of carbonyl (C=O) groups is 1. The summed E-state index contributed by atoms with van der Waals surface area (Å²) < 4.78 is 16.3. The van der Waals surface area contributed by atoms with Crippen molar-refractivity contribution in [2.75, 3.05) is 33.9 Å². The minimum Gasteiger partial charge on any atom is -0.493 e. The lowest BCUT2D eigenvalue weighted by Gasteiger charge is -2.14. The van der Waals surface area contributed by atoms with Crippen LogP contribution in [0.5, 0.6) is 17.2 Å². The Morgan fingerprint density at radius 3 is 2.44 bits per heavy atom. The summed E-state index contributed by atoms with van der Waals surface area (Å²) in [7, 11) is 3.23. The van der Waals surface area contributed by atoms with E-state index in [4.69, 9.17) is 14.2 Å². The maximum absolute atomic E-state index is 11.6. The second-order valence-corrected chi connectivity index (χ2v) is 7.75. The van der Waals surface area contributed by atoms with E-state index < -0.39 is 6.10 Å². The summed E-state index contributed by atoms with van der Waals surface area (Å²) in [6.07, 6.45) is 0.161. The summed E-state index contributed by atoms with van der Waals surface area (Å²) in [5.41, 5.74) is 3.18. The minimum atomic E-state index is -0.638. The van der Waals surface area contributed by atoms with Gasteiger partial charge in [-0.1, -0.05) is 6.07 Å². The number of aromatic nitrogens is 2. The van der Waals surface area contributed by atoms with Crippen LogP contribution >= 0.6 is 12.4 Å². The number of hydrogen-bond acceptors (Lipinski definition) is 7. The number of aromatic amines is 1. The van der Waals surface area contributed by atoms with Crippen LogP contribution in [0.1, 0.15) is 28.7 Å². The van der Waals surface area contributed by atoms with Gasteiger partial charge in [-0.25, -0.2) is 4.98 Å². The maximum Gasteiger partial charge on any atom is 0.179 e. The molecule has 9 heteroatoms. The van der Waals surface area contributed by atoms with Gasteiger partial charge in [0, 0.05) is 24.7 Å². The van der Waals surface area contributed by atoms with Gasteiger partial charge >= 0.3 is 0 Å². The van der Waals surface area contributed by atoms with E-state index in [0.29, 0.717) is 41.9 Å². The van der Waals surface area contributed by atoms with Crippen molar-refractivity contribution in [3.63, 3.8) is 0 Å². The molecular formula is C25H32ClN3O5. The van der Waals surface area contributed by atoms with Crippen LogP contribution in [0.15, 0.2) is 42.5 Å². The number of methoxy groups -OCH3 is 2. The molecule has 3 rings (SSSR count). The Morgan fingerprint density at radius 2 is 1.82 bits per heavy atom. The molecule has 0 aliphatic carbocycles. The largest absolute Gasteiger partial charge is 0.493 e. The molecule has 0 fully saturated rings. The number of halogens is 1. The van der Waals surface area contributed by atoms with Crippen molar-refractivity contribution in [3.05, 3.63) is 59.4 Å². The van der Waals surface area contributed by atoms with Gasteiger partial charge in [-0.2, -0.15) is 0 Å². The zero-order valence-corrected chi connectivity index (χ0v) is 20.7. The summed E-state index contributed by atoms with van der Waals surface area (Å²) in [5.74, 6) is 2.63. The van der Waals surface area contributed by atoms with Crippen LogP contribution in [0.2, 0.25) is 0 Å². The van der Waals surface area contributed by atoms with Gasteiger partial charge in [0.25, 0.3) is 0 Å². The Hall–Kier alpha value is -3.07. The first-order valence-electron chi connectivity index (χ1n) is 10.8. The van der Waals surface area contributed by atoms with Gasteiger partial charge in [-0.3, -0.25) is 4.79 Å². The van der Waals surface area contributed by atoms with Crippen molar-refractivity contribution in [1.82, 2.24) is 15.3 Å². The number of aliphatic hydroxyl groups excluding tert-OH is 1. The van der Waals surface area contributed by atoms with E-state index in [1.165, 1.54) is 6.92 Å². The molecule has 34 heavy (non-hydrogen) atoms. The number of nitrogens with one attached hydrogen (secondary N) is 2. The fraction of sp³-hybridized carbons (Fsp3) is 0.360. The summed E-state index contributed by atoms with van der Waals surface area (Å²) in [5, 5.41) is 13.4. The van der Waals surface area contributed by atoms with E-state index in [1.807, 2.05) is 49.4 Å². The predicted molar refractivity (Wildman–Crippen MR) is 134 cm³/mol. The van der Waals surface area contributed by atoms with Crippen LogP contribution in [-0.2, 0) is 6.42 Å². The zero-order chi connectivity index (χ0) is 23.8. The summed E-state index contributed by atoms with van der Waals surface area (Å²) >= 11 is 0. The quantitative estimate of drug-likeness (QED) is 0.263. The molecule has 0 saturated heterocycles. The third-order valence-corrected chi connectivity index (χ3v) is 5.21. The van der Waals surface area contributed by atoms with Gasteiger partial charge in [0.2, 0.25) is 0 Å². The van der Waals surface area contributed by atoms with Crippen molar-refractivity contribution in [3.8, 4) is 28.6 Å². The molecule has 1 heterocycles. The molecule has 0 unspecified atom stereocenters. The lowest BCUT2D eigenvalue weighted by molar-refractivity contribution is 0.101. The van der Waals surface area contributed by atoms with Gasteiger partial charge in [-0.05, 0) is 61.9 Å². The topological polar surface area (TPSA) is 106 Å². The lowest BCUT2D eigenvalue weighted by atomic mass is 10.1. The molecule has 1 aromatic heterocycles. The number of carbonyl (C=O) groups excluding carboxylic acids is 1. The van der Waals surface area contributed by atoms with Gasteiger partial charge in [0.05, 0.1) is 14.2 Å². The van der Waals surface area contributed by atoms with Gasteiger partial charge in [-0.15, -0.1) is 12.4 Å². The van der Waals surface area contributed by atoms with Crippen LogP contribution in [0.4, 0.5) is 0 Å². The molecule has 3 N–H and O–H groups in total. The molecule has 0 spiro atoms. The summed E-state index contributed by atoms with van der Waals surface area (Å²) in [6, 6.07) is 13.2. The predicted octanol–water partition coefficient (Wildman–Crippen LogP) is 3.60. The van der Waals surface area contributed by atoms with E-state index in [-0.39, 0.29) is 24.8 Å². The van der Waals surface area contributed by atoms with E-state index in [0.717, 1.165) is 23.2 Å². The first kappa shape index (κ1) is 27.2. The molecule has 0 amide bonds. The van der Waals surface area contributed by atoms with E-state index in [1.54, 1.807) is 14.2 Å².